The molecule has 112 valence electrons. The van der Waals surface area contributed by atoms with E-state index in [4.69, 9.17) is 18.0 Å². The fraction of sp³-hybridized carbons (Fsp3) is 0.176. The van der Waals surface area contributed by atoms with Crippen LogP contribution in [0.5, 0.6) is 0 Å². The van der Waals surface area contributed by atoms with Crippen LogP contribution < -0.4 is 5.73 Å². The molecule has 1 aliphatic rings. The third kappa shape index (κ3) is 2.85. The van der Waals surface area contributed by atoms with Crippen LogP contribution in [0.1, 0.15) is 29.2 Å². The second-order valence-corrected chi connectivity index (χ2v) is 5.79. The largest absolute Gasteiger partial charge is 0.375 e. The predicted octanol–water partition coefficient (Wildman–Crippen LogP) is 3.53. The Hall–Kier alpha value is -2.27. The van der Waals surface area contributed by atoms with Crippen LogP contribution in [-0.4, -0.2) is 15.8 Å². The second kappa shape index (κ2) is 5.85. The maximum absolute atomic E-state index is 13.1. The number of nitrogens with zero attached hydrogens (tertiary/aromatic N) is 2. The number of nitrogens with two attached hydrogens (primary N) is 1. The Morgan fingerprint density at radius 1 is 1.18 bits per heavy atom. The summed E-state index contributed by atoms with van der Waals surface area (Å²) in [4.78, 5) is 0. The number of benzene rings is 2. The molecule has 3 rings (SSSR count). The minimum Gasteiger partial charge on any atom is -0.375 e. The van der Waals surface area contributed by atoms with Crippen molar-refractivity contribution in [3.8, 4) is 0 Å². The summed E-state index contributed by atoms with van der Waals surface area (Å²) in [6, 6.07) is 14.5. The first-order chi connectivity index (χ1) is 10.5. The molecule has 1 atom stereocenters. The van der Waals surface area contributed by atoms with Crippen molar-refractivity contribution in [2.45, 2.75) is 19.4 Å². The van der Waals surface area contributed by atoms with Crippen LogP contribution in [0.3, 0.4) is 0 Å². The molecule has 0 radical (unpaired) electrons. The van der Waals surface area contributed by atoms with E-state index in [0.717, 1.165) is 16.8 Å². The average Bonchev–Trinajstić information content (AvgIpc) is 2.94. The molecule has 2 aromatic carbocycles. The van der Waals surface area contributed by atoms with Gasteiger partial charge in [-0.2, -0.15) is 5.10 Å². The summed E-state index contributed by atoms with van der Waals surface area (Å²) in [5, 5.41) is 6.43. The quantitative estimate of drug-likeness (QED) is 0.862. The molecule has 2 aromatic rings. The van der Waals surface area contributed by atoms with Gasteiger partial charge < -0.3 is 5.73 Å². The summed E-state index contributed by atoms with van der Waals surface area (Å²) < 4.78 is 13.1. The van der Waals surface area contributed by atoms with E-state index in [1.807, 2.05) is 6.92 Å². The van der Waals surface area contributed by atoms with Crippen molar-refractivity contribution in [1.82, 2.24) is 5.01 Å². The summed E-state index contributed by atoms with van der Waals surface area (Å²) >= 11 is 5.12. The molecule has 1 aliphatic heterocycles. The van der Waals surface area contributed by atoms with Crippen molar-refractivity contribution in [2.24, 2.45) is 10.8 Å². The molecule has 0 unspecified atom stereocenters. The van der Waals surface area contributed by atoms with Crippen molar-refractivity contribution in [1.29, 1.82) is 0 Å². The minimum absolute atomic E-state index is 0.0156. The van der Waals surface area contributed by atoms with E-state index in [0.29, 0.717) is 6.42 Å². The van der Waals surface area contributed by atoms with Crippen LogP contribution in [-0.2, 0) is 0 Å². The smallest absolute Gasteiger partial charge is 0.187 e. The van der Waals surface area contributed by atoms with E-state index in [1.165, 1.54) is 17.7 Å². The second-order valence-electron chi connectivity index (χ2n) is 5.37. The Balaban J connectivity index is 1.92. The highest BCUT2D eigenvalue weighted by atomic mass is 32.1. The predicted molar refractivity (Wildman–Crippen MR) is 90.1 cm³/mol. The van der Waals surface area contributed by atoms with Gasteiger partial charge in [0.15, 0.2) is 5.11 Å². The Kier molecular flexibility index (Phi) is 3.90. The zero-order chi connectivity index (χ0) is 15.7. The van der Waals surface area contributed by atoms with E-state index < -0.39 is 0 Å². The first-order valence-electron chi connectivity index (χ1n) is 7.03. The molecule has 0 aliphatic carbocycles. The Labute approximate surface area is 134 Å². The van der Waals surface area contributed by atoms with Gasteiger partial charge in [0.2, 0.25) is 0 Å². The van der Waals surface area contributed by atoms with E-state index in [-0.39, 0.29) is 17.0 Å². The van der Waals surface area contributed by atoms with Crippen molar-refractivity contribution < 1.29 is 4.39 Å². The molecular weight excluding hydrogens is 297 g/mol. The maximum Gasteiger partial charge on any atom is 0.187 e. The number of thiocarbonyl (C=S) groups is 1. The van der Waals surface area contributed by atoms with Gasteiger partial charge in [-0.3, -0.25) is 0 Å². The topological polar surface area (TPSA) is 41.6 Å². The highest BCUT2D eigenvalue weighted by molar-refractivity contribution is 7.80. The average molecular weight is 313 g/mol. The summed E-state index contributed by atoms with van der Waals surface area (Å²) in [6.07, 6.45) is 0.687. The normalized spacial score (nSPS) is 17.5. The zero-order valence-electron chi connectivity index (χ0n) is 12.2. The van der Waals surface area contributed by atoms with Crippen molar-refractivity contribution >= 4 is 23.0 Å². The number of rotatable bonds is 2. The molecule has 5 heteroatoms. The molecule has 0 bridgehead atoms. The summed E-state index contributed by atoms with van der Waals surface area (Å²) in [6.45, 7) is 2.05. The fourth-order valence-electron chi connectivity index (χ4n) is 2.58. The van der Waals surface area contributed by atoms with Crippen LogP contribution in [0.15, 0.2) is 53.6 Å². The highest BCUT2D eigenvalue weighted by Crippen LogP contribution is 2.32. The molecule has 1 heterocycles. The lowest BCUT2D eigenvalue weighted by molar-refractivity contribution is 0.372. The first-order valence-corrected chi connectivity index (χ1v) is 7.44. The van der Waals surface area contributed by atoms with Crippen LogP contribution >= 0.6 is 12.2 Å². The fourth-order valence-corrected chi connectivity index (χ4v) is 2.75. The summed E-state index contributed by atoms with van der Waals surface area (Å²) in [7, 11) is 0. The van der Waals surface area contributed by atoms with Gasteiger partial charge in [-0.1, -0.05) is 42.0 Å². The third-order valence-electron chi connectivity index (χ3n) is 3.78. The van der Waals surface area contributed by atoms with E-state index >= 15 is 0 Å². The third-order valence-corrected chi connectivity index (χ3v) is 3.96. The lowest BCUT2D eigenvalue weighted by atomic mass is 9.98. The van der Waals surface area contributed by atoms with Crippen molar-refractivity contribution in [3.63, 3.8) is 0 Å². The van der Waals surface area contributed by atoms with Crippen LogP contribution in [0.25, 0.3) is 0 Å². The molecule has 22 heavy (non-hydrogen) atoms. The maximum atomic E-state index is 13.1. The molecule has 0 amide bonds. The summed E-state index contributed by atoms with van der Waals surface area (Å²) in [5.74, 6) is -0.261. The van der Waals surface area contributed by atoms with Gasteiger partial charge >= 0.3 is 0 Å². The van der Waals surface area contributed by atoms with Crippen LogP contribution in [0, 0.1) is 12.7 Å². The highest BCUT2D eigenvalue weighted by Gasteiger charge is 2.30. The van der Waals surface area contributed by atoms with Crippen LogP contribution in [0.4, 0.5) is 4.39 Å². The van der Waals surface area contributed by atoms with Gasteiger partial charge in [-0.15, -0.1) is 0 Å². The number of aryl methyl sites for hydroxylation is 1. The lowest BCUT2D eigenvalue weighted by Crippen LogP contribution is -2.31. The van der Waals surface area contributed by atoms with Gasteiger partial charge in [0.25, 0.3) is 0 Å². The Morgan fingerprint density at radius 2 is 1.82 bits per heavy atom. The number of halogens is 1. The molecule has 2 N–H and O–H groups in total. The summed E-state index contributed by atoms with van der Waals surface area (Å²) in [5.41, 5.74) is 9.86. The standard InChI is InChI=1S/C17H16FN3S/c1-11-2-4-13(5-3-11)16-10-15(20-21(16)17(19)22)12-6-8-14(18)9-7-12/h2-9,16H,10H2,1H3,(H2,19,22)/t16-/m1/s1. The monoisotopic (exact) mass is 313 g/mol. The van der Waals surface area contributed by atoms with E-state index in [2.05, 4.69) is 29.4 Å². The minimum atomic E-state index is -0.261. The van der Waals surface area contributed by atoms with Gasteiger partial charge in [-0.25, -0.2) is 9.40 Å². The zero-order valence-corrected chi connectivity index (χ0v) is 13.0. The van der Waals surface area contributed by atoms with Crippen LogP contribution in [0.2, 0.25) is 0 Å². The number of hydrogen-bond donors (Lipinski definition) is 1. The van der Waals surface area contributed by atoms with Gasteiger partial charge in [0.05, 0.1) is 11.8 Å². The molecule has 3 nitrogen and oxygen atoms in total. The molecule has 0 fully saturated rings. The molecule has 0 saturated carbocycles. The Bertz CT molecular complexity index is 723. The van der Waals surface area contributed by atoms with Gasteiger partial charge in [-0.05, 0) is 42.4 Å². The Morgan fingerprint density at radius 3 is 2.41 bits per heavy atom. The number of hydrazone groups is 1. The van der Waals surface area contributed by atoms with Gasteiger partial charge in [0, 0.05) is 6.42 Å². The van der Waals surface area contributed by atoms with Gasteiger partial charge in [0.1, 0.15) is 5.82 Å². The number of hydrogen-bond acceptors (Lipinski definition) is 2. The first kappa shape index (κ1) is 14.7. The molecule has 0 aromatic heterocycles. The molecule has 0 saturated heterocycles. The van der Waals surface area contributed by atoms with Crippen molar-refractivity contribution in [3.05, 3.63) is 71.0 Å². The molecular formula is C17H16FN3S. The van der Waals surface area contributed by atoms with Crippen molar-refractivity contribution in [2.75, 3.05) is 0 Å². The lowest BCUT2D eigenvalue weighted by Gasteiger charge is -2.22. The van der Waals surface area contributed by atoms with E-state index in [9.17, 15) is 4.39 Å². The SMILES string of the molecule is Cc1ccc([C@H]2CC(c3ccc(F)cc3)=NN2C(N)=S)cc1. The molecule has 0 spiro atoms. The van der Waals surface area contributed by atoms with E-state index in [1.54, 1.807) is 17.1 Å².